The van der Waals surface area contributed by atoms with E-state index in [1.54, 1.807) is 0 Å². The van der Waals surface area contributed by atoms with Gasteiger partial charge in [-0.05, 0) is 111 Å². The molecule has 0 saturated heterocycles. The molecule has 0 aliphatic heterocycles. The second-order valence-corrected chi connectivity index (χ2v) is 17.7. The molecule has 3 N–H and O–H groups in total. The monoisotopic (exact) mass is 1190 g/mol. The second-order valence-electron chi connectivity index (χ2n) is 17.7. The number of hydrogen-bond donors (Lipinski definition) is 3. The zero-order valence-corrected chi connectivity index (χ0v) is 48.1. The van der Waals surface area contributed by atoms with Gasteiger partial charge in [0.2, 0.25) is 0 Å². The molecule has 79 heavy (non-hydrogen) atoms. The van der Waals surface area contributed by atoms with E-state index in [9.17, 15) is 14.4 Å². The van der Waals surface area contributed by atoms with Crippen LogP contribution in [0.25, 0.3) is 34.2 Å². The van der Waals surface area contributed by atoms with Crippen molar-refractivity contribution in [3.05, 3.63) is 208 Å². The Kier molecular flexibility index (Phi) is 33.4. The third-order valence-corrected chi connectivity index (χ3v) is 12.1. The summed E-state index contributed by atoms with van der Waals surface area (Å²) >= 11 is 0. The number of aromatic nitrogens is 3. The first kappa shape index (κ1) is 68.3. The van der Waals surface area contributed by atoms with Crippen LogP contribution in [0.15, 0.2) is 182 Å². The van der Waals surface area contributed by atoms with Gasteiger partial charge in [0.15, 0.2) is 17.5 Å². The average Bonchev–Trinajstić information content (AvgIpc) is 4.35. The molecule has 3 unspecified atom stereocenters. The Morgan fingerprint density at radius 1 is 0.468 bits per heavy atom. The van der Waals surface area contributed by atoms with Crippen molar-refractivity contribution in [1.29, 1.82) is 0 Å². The zero-order valence-electron chi connectivity index (χ0n) is 44.8. The standard InChI is InChI=1S/C51H54N6O6.C5H8.2C4H4.3Fe/c1-4-40(31-61-49(58)37-13-7-8-14-37)52-43-25-19-34(20-26-43)46-55-47(35-21-27-44(28-22-35)53-41(5-2)32-62-50(59)38-15-9-10-16-38)57-48(56-46)36-23-29-45(30-24-36)54-42(6-3)33-63-51(60)39-17-11-12-18-39;1-2-4-5-3-1;2*1-3-4-2;;;/h7-30,37-42,52-54H,4-6,31-33H2,1-3H3;1-2H,3-5H2;2*1-4H;;;/q;;2*-2;;2*+2. The summed E-state index contributed by atoms with van der Waals surface area (Å²) in [5.74, 6) is -0.255. The van der Waals surface area contributed by atoms with Crippen LogP contribution in [0, 0.1) is 44.1 Å². The molecule has 4 aliphatic carbocycles. The Morgan fingerprint density at radius 2 is 0.709 bits per heavy atom. The van der Waals surface area contributed by atoms with Gasteiger partial charge in [0.25, 0.3) is 0 Å². The van der Waals surface area contributed by atoms with Crippen molar-refractivity contribution in [1.82, 2.24) is 15.0 Å². The van der Waals surface area contributed by atoms with Gasteiger partial charge in [-0.15, -0.1) is 0 Å². The van der Waals surface area contributed by atoms with Crippen molar-refractivity contribution < 1.29 is 79.8 Å². The minimum atomic E-state index is -0.330. The molecule has 0 fully saturated rings. The number of nitrogens with one attached hydrogen (secondary N) is 3. The van der Waals surface area contributed by atoms with E-state index in [0.717, 1.165) is 53.0 Å². The first-order valence-electron chi connectivity index (χ1n) is 25.8. The molecule has 4 aromatic rings. The van der Waals surface area contributed by atoms with E-state index in [2.05, 4.69) is 28.1 Å². The maximum absolute atomic E-state index is 12.5. The van der Waals surface area contributed by atoms with Crippen molar-refractivity contribution in [2.45, 2.75) is 77.4 Å². The molecular weight excluding hydrogens is 1120 g/mol. The van der Waals surface area contributed by atoms with Gasteiger partial charge in [-0.2, -0.15) is 0 Å². The molecule has 3 aromatic carbocycles. The molecule has 4 aliphatic rings. The Hall–Kier alpha value is -6.82. The maximum Gasteiger partial charge on any atom is 2.00 e. The Labute approximate surface area is 500 Å². The summed E-state index contributed by atoms with van der Waals surface area (Å²) in [6.07, 6.45) is 37.9. The average molecular weight is 1190 g/mol. The number of allylic oxidation sites excluding steroid dienone is 12. The predicted octanol–water partition coefficient (Wildman–Crippen LogP) is 12.9. The van der Waals surface area contributed by atoms with Gasteiger partial charge in [-0.25, -0.2) is 15.0 Å². The maximum atomic E-state index is 12.5. The quantitative estimate of drug-likeness (QED) is 0.0162. The van der Waals surface area contributed by atoms with E-state index < -0.39 is 0 Å². The topological polar surface area (TPSA) is 154 Å². The van der Waals surface area contributed by atoms with Crippen LogP contribution in [0.3, 0.4) is 0 Å². The molecule has 0 amide bonds. The fraction of sp³-hybridized carbons (Fsp3) is 0.281. The van der Waals surface area contributed by atoms with Gasteiger partial charge < -0.3 is 80.8 Å². The Bertz CT molecular complexity index is 2410. The number of carbonyl (C=O) groups excluding carboxylic acids is 3. The number of esters is 3. The van der Waals surface area contributed by atoms with Crippen LogP contribution in [0.4, 0.5) is 17.1 Å². The van der Waals surface area contributed by atoms with E-state index in [-0.39, 0.29) is 125 Å². The van der Waals surface area contributed by atoms with E-state index in [1.165, 1.54) is 43.6 Å². The number of carbonyl (C=O) groups is 3. The fourth-order valence-electron chi connectivity index (χ4n) is 7.59. The number of ether oxygens (including phenoxy) is 3. The Balaban J connectivity index is 0.00000119. The van der Waals surface area contributed by atoms with Gasteiger partial charge in [0.1, 0.15) is 19.8 Å². The third-order valence-electron chi connectivity index (χ3n) is 12.1. The van der Waals surface area contributed by atoms with E-state index in [1.807, 2.05) is 166 Å². The first-order valence-corrected chi connectivity index (χ1v) is 25.8. The molecule has 3 atom stereocenters. The van der Waals surface area contributed by atoms with Crippen molar-refractivity contribution in [3.8, 4) is 34.2 Å². The van der Waals surface area contributed by atoms with Crippen LogP contribution >= 0.6 is 0 Å². The third kappa shape index (κ3) is 23.6. The molecule has 0 spiro atoms. The summed E-state index contributed by atoms with van der Waals surface area (Å²) in [6, 6.07) is 23.4. The van der Waals surface area contributed by atoms with E-state index in [0.29, 0.717) is 17.5 Å². The van der Waals surface area contributed by atoms with Crippen LogP contribution in [-0.4, -0.2) is 70.8 Å². The number of rotatable bonds is 23. The van der Waals surface area contributed by atoms with E-state index >= 15 is 0 Å². The van der Waals surface area contributed by atoms with E-state index in [4.69, 9.17) is 55.5 Å². The number of benzene rings is 3. The van der Waals surface area contributed by atoms with Crippen molar-refractivity contribution in [2.75, 3.05) is 35.8 Å². The summed E-state index contributed by atoms with van der Waals surface area (Å²) in [5, 5.41) is 10.5. The molecular formula is C64H70Fe3N6O6. The minimum absolute atomic E-state index is 0. The van der Waals surface area contributed by atoms with Crippen molar-refractivity contribution >= 4 is 35.0 Å². The zero-order chi connectivity index (χ0) is 54.3. The molecule has 1 aromatic heterocycles. The Morgan fingerprint density at radius 3 is 0.899 bits per heavy atom. The normalized spacial score (nSPS) is 14.3. The van der Waals surface area contributed by atoms with Crippen LogP contribution in [0.5, 0.6) is 0 Å². The largest absolute Gasteiger partial charge is 2.00 e. The molecule has 416 valence electrons. The molecule has 0 bridgehead atoms. The summed E-state index contributed by atoms with van der Waals surface area (Å²) < 4.78 is 16.8. The fourth-order valence-corrected chi connectivity index (χ4v) is 7.59. The van der Waals surface area contributed by atoms with Crippen LogP contribution in [0.2, 0.25) is 0 Å². The first-order chi connectivity index (χ1) is 37.1. The molecule has 0 radical (unpaired) electrons. The van der Waals surface area contributed by atoms with Crippen molar-refractivity contribution in [3.63, 3.8) is 0 Å². The van der Waals surface area contributed by atoms with Gasteiger partial charge in [0.05, 0.1) is 35.9 Å². The van der Waals surface area contributed by atoms with Crippen LogP contribution in [-0.2, 0) is 79.8 Å². The minimum Gasteiger partial charge on any atom is -0.463 e. The summed E-state index contributed by atoms with van der Waals surface area (Å²) in [6.45, 7) is 25.8. The van der Waals surface area contributed by atoms with Gasteiger partial charge in [0, 0.05) is 50.8 Å². The predicted molar refractivity (Wildman–Crippen MR) is 306 cm³/mol. The molecule has 12 nitrogen and oxygen atoms in total. The number of anilines is 3. The molecule has 0 saturated carbocycles. The smallest absolute Gasteiger partial charge is 0.463 e. The molecule has 1 heterocycles. The van der Waals surface area contributed by atoms with Gasteiger partial charge >= 0.3 is 52.0 Å². The molecule has 8 rings (SSSR count). The van der Waals surface area contributed by atoms with Gasteiger partial charge in [-0.1, -0.05) is 106 Å². The summed E-state index contributed by atoms with van der Waals surface area (Å²) in [5.41, 5.74) is 5.03. The van der Waals surface area contributed by atoms with Crippen molar-refractivity contribution in [2.24, 2.45) is 17.8 Å². The number of hydrogen-bond acceptors (Lipinski definition) is 12. The summed E-state index contributed by atoms with van der Waals surface area (Å²) in [4.78, 5) is 52.3. The number of nitrogens with zero attached hydrogens (tertiary/aromatic N) is 3. The van der Waals surface area contributed by atoms with Crippen LogP contribution < -0.4 is 16.0 Å². The van der Waals surface area contributed by atoms with Crippen LogP contribution in [0.1, 0.15) is 59.3 Å². The summed E-state index contributed by atoms with van der Waals surface area (Å²) in [7, 11) is 0. The second kappa shape index (κ2) is 38.7. The SMILES string of the molecule is C1=CCCC1.CCC(COC(=O)C1C=CC=C1)Nc1ccc(-c2nc(-c3ccc(NC(CC)COC(=O)C4C=CC=C4)cc3)nc(-c3ccc(NC(CC)COC(=O)C4C=CC=C4)cc3)n2)cc1.[CH-]=CC=[CH-].[CH-]=CC=[CH-].[Fe+2].[Fe+2].[Fe]. The van der Waals surface area contributed by atoms with Gasteiger partial charge in [-0.3, -0.25) is 14.4 Å². The molecule has 15 heteroatoms.